The number of nitrogens with one attached hydrogen (secondary N) is 1. The number of rotatable bonds is 8. The molecular weight excluding hydrogens is 599 g/mol. The van der Waals surface area contributed by atoms with Crippen LogP contribution in [0.4, 0.5) is 14.9 Å². The van der Waals surface area contributed by atoms with E-state index in [4.69, 9.17) is 9.47 Å². The number of thioether (sulfide) groups is 1. The minimum atomic E-state index is -0.440. The number of ether oxygens (including phenoxy) is 2. The molecule has 1 N–H and O–H groups in total. The van der Waals surface area contributed by atoms with Crippen molar-refractivity contribution in [3.63, 3.8) is 0 Å². The lowest BCUT2D eigenvalue weighted by atomic mass is 10.0. The Hall–Kier alpha value is -4.15. The normalized spacial score (nSPS) is 14.2. The predicted octanol–water partition coefficient (Wildman–Crippen LogP) is 7.00. The van der Waals surface area contributed by atoms with Gasteiger partial charge in [0.15, 0.2) is 18.1 Å². The van der Waals surface area contributed by atoms with Gasteiger partial charge in [0.1, 0.15) is 5.82 Å². The number of halogens is 2. The predicted molar refractivity (Wildman–Crippen MR) is 157 cm³/mol. The van der Waals surface area contributed by atoms with Crippen LogP contribution in [0, 0.1) is 5.82 Å². The molecule has 202 valence electrons. The first-order valence-electron chi connectivity index (χ1n) is 12.1. The summed E-state index contributed by atoms with van der Waals surface area (Å²) in [5, 5.41) is 4.30. The average Bonchev–Trinajstić information content (AvgIpc) is 3.20. The molecule has 0 atom stereocenters. The van der Waals surface area contributed by atoms with Crippen LogP contribution in [0.1, 0.15) is 11.1 Å². The molecule has 3 amide bonds. The lowest BCUT2D eigenvalue weighted by Gasteiger charge is -2.15. The van der Waals surface area contributed by atoms with Crippen molar-refractivity contribution in [3.05, 3.63) is 105 Å². The quantitative estimate of drug-likeness (QED) is 0.213. The summed E-state index contributed by atoms with van der Waals surface area (Å²) >= 11 is 4.32. The van der Waals surface area contributed by atoms with Gasteiger partial charge in [0.05, 0.1) is 23.0 Å². The van der Waals surface area contributed by atoms with Crippen LogP contribution in [0.15, 0.2) is 88.2 Å². The number of hydrogen-bond acceptors (Lipinski definition) is 6. The summed E-state index contributed by atoms with van der Waals surface area (Å²) in [5.74, 6) is -0.610. The third-order valence-corrected chi connectivity index (χ3v) is 7.60. The molecule has 1 aliphatic rings. The zero-order valence-electron chi connectivity index (χ0n) is 21.1. The zero-order chi connectivity index (χ0) is 28.2. The Kier molecular flexibility index (Phi) is 8.18. The second kappa shape index (κ2) is 11.9. The molecule has 1 aliphatic heterocycles. The fraction of sp³-hybridized carbons (Fsp3) is 0.100. The van der Waals surface area contributed by atoms with Crippen LogP contribution in [0.25, 0.3) is 16.8 Å². The van der Waals surface area contributed by atoms with Gasteiger partial charge in [-0.2, -0.15) is 0 Å². The summed E-state index contributed by atoms with van der Waals surface area (Å²) < 4.78 is 24.7. The molecular formula is C30H22BrFN2O5S. The highest BCUT2D eigenvalue weighted by Crippen LogP contribution is 2.39. The summed E-state index contributed by atoms with van der Waals surface area (Å²) in [7, 11) is 1.45. The number of methoxy groups -OCH3 is 1. The number of imide groups is 1. The smallest absolute Gasteiger partial charge is 0.293 e. The lowest BCUT2D eigenvalue weighted by molar-refractivity contribution is -0.123. The van der Waals surface area contributed by atoms with Gasteiger partial charge in [0.2, 0.25) is 0 Å². The van der Waals surface area contributed by atoms with Crippen molar-refractivity contribution < 1.29 is 28.2 Å². The molecule has 5 rings (SSSR count). The summed E-state index contributed by atoms with van der Waals surface area (Å²) in [5.41, 5.74) is 1.92. The number of carbonyl (C=O) groups is 3. The maximum atomic E-state index is 13.2. The van der Waals surface area contributed by atoms with Crippen molar-refractivity contribution in [1.29, 1.82) is 0 Å². The maximum absolute atomic E-state index is 13.2. The van der Waals surface area contributed by atoms with E-state index in [1.165, 1.54) is 36.3 Å². The van der Waals surface area contributed by atoms with Gasteiger partial charge in [0, 0.05) is 5.69 Å². The molecule has 4 aromatic carbocycles. The Bertz CT molecular complexity index is 1650. The van der Waals surface area contributed by atoms with E-state index < -0.39 is 11.7 Å². The number of amides is 3. The first-order chi connectivity index (χ1) is 19.3. The second-order valence-electron chi connectivity index (χ2n) is 8.78. The highest BCUT2D eigenvalue weighted by Gasteiger charge is 2.35. The van der Waals surface area contributed by atoms with Gasteiger partial charge in [-0.3, -0.25) is 19.3 Å². The van der Waals surface area contributed by atoms with Crippen molar-refractivity contribution in [3.8, 4) is 11.5 Å². The summed E-state index contributed by atoms with van der Waals surface area (Å²) in [6.07, 6.45) is 1.62. The molecule has 10 heteroatoms. The van der Waals surface area contributed by atoms with Gasteiger partial charge in [-0.1, -0.05) is 42.5 Å². The van der Waals surface area contributed by atoms with E-state index in [0.717, 1.165) is 28.1 Å². The van der Waals surface area contributed by atoms with Gasteiger partial charge in [-0.25, -0.2) is 4.39 Å². The largest absolute Gasteiger partial charge is 0.493 e. The first-order valence-corrected chi connectivity index (χ1v) is 13.7. The summed E-state index contributed by atoms with van der Waals surface area (Å²) in [6.45, 7) is -0.151. The van der Waals surface area contributed by atoms with Crippen LogP contribution < -0.4 is 14.8 Å². The summed E-state index contributed by atoms with van der Waals surface area (Å²) in [6, 6.07) is 22.4. The van der Waals surface area contributed by atoms with Crippen LogP contribution in [0.5, 0.6) is 11.5 Å². The van der Waals surface area contributed by atoms with Gasteiger partial charge in [-0.05, 0) is 92.1 Å². The Morgan fingerprint density at radius 2 is 1.80 bits per heavy atom. The fourth-order valence-corrected chi connectivity index (χ4v) is 5.63. The fourth-order valence-electron chi connectivity index (χ4n) is 4.22. The number of nitrogens with zero attached hydrogens (tertiary/aromatic N) is 1. The lowest BCUT2D eigenvalue weighted by Crippen LogP contribution is -2.27. The highest BCUT2D eigenvalue weighted by molar-refractivity contribution is 9.10. The molecule has 40 heavy (non-hydrogen) atoms. The molecule has 4 aromatic rings. The second-order valence-corrected chi connectivity index (χ2v) is 10.6. The molecule has 1 saturated heterocycles. The number of hydrogen-bond donors (Lipinski definition) is 1. The van der Waals surface area contributed by atoms with E-state index >= 15 is 0 Å². The number of anilines is 1. The van der Waals surface area contributed by atoms with Gasteiger partial charge in [0.25, 0.3) is 17.1 Å². The SMILES string of the molecule is COc1cc(/C=C2/SC(=O)N(Cc3cccc4ccccc34)C2=O)cc(Br)c1OCC(=O)Nc1ccc(F)cc1. The highest BCUT2D eigenvalue weighted by atomic mass is 79.9. The molecule has 1 fully saturated rings. The molecule has 0 unspecified atom stereocenters. The van der Waals surface area contributed by atoms with Crippen molar-refractivity contribution in [2.75, 3.05) is 19.0 Å². The van der Waals surface area contributed by atoms with E-state index in [9.17, 15) is 18.8 Å². The van der Waals surface area contributed by atoms with E-state index in [1.54, 1.807) is 18.2 Å². The molecule has 0 aliphatic carbocycles. The molecule has 0 aromatic heterocycles. The van der Waals surface area contributed by atoms with Gasteiger partial charge in [-0.15, -0.1) is 0 Å². The van der Waals surface area contributed by atoms with Crippen molar-refractivity contribution in [1.82, 2.24) is 4.90 Å². The molecule has 7 nitrogen and oxygen atoms in total. The minimum absolute atomic E-state index is 0.170. The van der Waals surface area contributed by atoms with Gasteiger partial charge >= 0.3 is 0 Å². The van der Waals surface area contributed by atoms with Crippen molar-refractivity contribution in [2.45, 2.75) is 6.54 Å². The topological polar surface area (TPSA) is 84.9 Å². The standard InChI is InChI=1S/C30H22BrFN2O5S/c1-38-25-14-18(13-24(31)28(25)39-17-27(35)33-22-11-9-21(32)10-12-22)15-26-29(36)34(30(37)40-26)16-20-7-4-6-19-5-2-3-8-23(19)20/h2-15H,16-17H2,1H3,(H,33,35)/b26-15+. The van der Waals surface area contributed by atoms with Crippen LogP contribution >= 0.6 is 27.7 Å². The Morgan fingerprint density at radius 3 is 2.58 bits per heavy atom. The number of benzene rings is 4. The molecule has 0 spiro atoms. The van der Waals surface area contributed by atoms with Crippen LogP contribution in [-0.4, -0.2) is 35.7 Å². The third-order valence-electron chi connectivity index (χ3n) is 6.11. The zero-order valence-corrected chi connectivity index (χ0v) is 23.6. The Balaban J connectivity index is 1.30. The molecule has 1 heterocycles. The van der Waals surface area contributed by atoms with E-state index in [1.807, 2.05) is 42.5 Å². The van der Waals surface area contributed by atoms with Crippen molar-refractivity contribution in [2.24, 2.45) is 0 Å². The monoisotopic (exact) mass is 620 g/mol. The van der Waals surface area contributed by atoms with E-state index in [-0.39, 0.29) is 35.0 Å². The third kappa shape index (κ3) is 6.03. The van der Waals surface area contributed by atoms with E-state index in [0.29, 0.717) is 21.5 Å². The Morgan fingerprint density at radius 1 is 1.05 bits per heavy atom. The van der Waals surface area contributed by atoms with Crippen LogP contribution in [0.2, 0.25) is 0 Å². The van der Waals surface area contributed by atoms with Gasteiger partial charge < -0.3 is 14.8 Å². The Labute approximate surface area is 242 Å². The molecule has 0 bridgehead atoms. The number of carbonyl (C=O) groups excluding carboxylic acids is 3. The van der Waals surface area contributed by atoms with E-state index in [2.05, 4.69) is 21.2 Å². The van der Waals surface area contributed by atoms with Crippen molar-refractivity contribution >= 4 is 67.3 Å². The minimum Gasteiger partial charge on any atom is -0.493 e. The summed E-state index contributed by atoms with van der Waals surface area (Å²) in [4.78, 5) is 39.8. The van der Waals surface area contributed by atoms with Crippen LogP contribution in [-0.2, 0) is 16.1 Å². The maximum Gasteiger partial charge on any atom is 0.293 e. The molecule has 0 saturated carbocycles. The molecule has 0 radical (unpaired) electrons. The van der Waals surface area contributed by atoms with Crippen LogP contribution in [0.3, 0.4) is 0 Å². The first kappa shape index (κ1) is 27.4. The number of fused-ring (bicyclic) bond motifs is 1. The average molecular weight is 621 g/mol.